The normalized spacial score (nSPS) is 10.8. The summed E-state index contributed by atoms with van der Waals surface area (Å²) in [5, 5.41) is 8.63. The van der Waals surface area contributed by atoms with E-state index in [2.05, 4.69) is 0 Å². The summed E-state index contributed by atoms with van der Waals surface area (Å²) in [5.41, 5.74) is -0.0414. The van der Waals surface area contributed by atoms with E-state index in [4.69, 9.17) is 21.4 Å². The van der Waals surface area contributed by atoms with Crippen molar-refractivity contribution in [3.8, 4) is 11.5 Å². The minimum atomic E-state index is -1.22. The molecule has 0 fully saturated rings. The first kappa shape index (κ1) is 15.0. The number of carbonyl (C=O) groups is 1. The highest BCUT2D eigenvalue weighted by Gasteiger charge is 2.11. The van der Waals surface area contributed by atoms with Crippen molar-refractivity contribution in [2.75, 3.05) is 0 Å². The molecule has 0 saturated carbocycles. The topological polar surface area (TPSA) is 46.5 Å². The maximum atomic E-state index is 13.8. The molecule has 0 aliphatic rings. The van der Waals surface area contributed by atoms with Gasteiger partial charge in [-0.15, -0.1) is 0 Å². The molecule has 0 atom stereocenters. The fourth-order valence-corrected chi connectivity index (χ4v) is 1.80. The number of ether oxygens (including phenoxy) is 1. The second-order valence-corrected chi connectivity index (χ2v) is 4.41. The summed E-state index contributed by atoms with van der Waals surface area (Å²) in [6.45, 7) is 0. The lowest BCUT2D eigenvalue weighted by molar-refractivity contribution is -0.131. The van der Waals surface area contributed by atoms with Gasteiger partial charge in [0.2, 0.25) is 0 Å². The predicted molar refractivity (Wildman–Crippen MR) is 74.6 cm³/mol. The van der Waals surface area contributed by atoms with Gasteiger partial charge in [0.05, 0.1) is 10.6 Å². The summed E-state index contributed by atoms with van der Waals surface area (Å²) in [6.07, 6.45) is 1.86. The van der Waals surface area contributed by atoms with E-state index in [1.165, 1.54) is 24.3 Å². The Morgan fingerprint density at radius 3 is 2.62 bits per heavy atom. The fourth-order valence-electron chi connectivity index (χ4n) is 1.60. The molecule has 0 saturated heterocycles. The molecule has 0 unspecified atom stereocenters. The second kappa shape index (κ2) is 6.37. The molecule has 0 aliphatic carbocycles. The number of hydrogen-bond acceptors (Lipinski definition) is 2. The zero-order chi connectivity index (χ0) is 15.4. The van der Waals surface area contributed by atoms with Crippen LogP contribution in [0.2, 0.25) is 5.02 Å². The van der Waals surface area contributed by atoms with Crippen LogP contribution in [0.1, 0.15) is 5.56 Å². The zero-order valence-corrected chi connectivity index (χ0v) is 11.3. The van der Waals surface area contributed by atoms with E-state index in [9.17, 15) is 13.6 Å². The molecule has 2 rings (SSSR count). The van der Waals surface area contributed by atoms with Gasteiger partial charge >= 0.3 is 5.97 Å². The molecule has 21 heavy (non-hydrogen) atoms. The van der Waals surface area contributed by atoms with Gasteiger partial charge in [0.15, 0.2) is 0 Å². The lowest BCUT2D eigenvalue weighted by Gasteiger charge is -2.10. The summed E-state index contributed by atoms with van der Waals surface area (Å²) in [7, 11) is 0. The third kappa shape index (κ3) is 3.79. The summed E-state index contributed by atoms with van der Waals surface area (Å²) < 4.78 is 32.1. The SMILES string of the molecule is O=C(O)/C=C/c1c(F)cccc1Oc1ccc(F)cc1Cl. The van der Waals surface area contributed by atoms with Crippen LogP contribution in [0.5, 0.6) is 11.5 Å². The van der Waals surface area contributed by atoms with Crippen LogP contribution in [0.3, 0.4) is 0 Å². The first-order valence-corrected chi connectivity index (χ1v) is 6.17. The van der Waals surface area contributed by atoms with E-state index in [-0.39, 0.29) is 22.1 Å². The Labute approximate surface area is 124 Å². The highest BCUT2D eigenvalue weighted by atomic mass is 35.5. The first-order valence-electron chi connectivity index (χ1n) is 5.80. The highest BCUT2D eigenvalue weighted by Crippen LogP contribution is 2.33. The van der Waals surface area contributed by atoms with Gasteiger partial charge in [-0.2, -0.15) is 0 Å². The van der Waals surface area contributed by atoms with Crippen molar-refractivity contribution in [3.05, 3.63) is 64.7 Å². The monoisotopic (exact) mass is 310 g/mol. The first-order chi connectivity index (χ1) is 9.97. The lowest BCUT2D eigenvalue weighted by Crippen LogP contribution is -1.93. The number of carboxylic acids is 1. The summed E-state index contributed by atoms with van der Waals surface area (Å²) in [6, 6.07) is 7.52. The van der Waals surface area contributed by atoms with Crippen molar-refractivity contribution in [1.82, 2.24) is 0 Å². The molecular weight excluding hydrogens is 302 g/mol. The third-order valence-corrected chi connectivity index (χ3v) is 2.81. The smallest absolute Gasteiger partial charge is 0.328 e. The van der Waals surface area contributed by atoms with Gasteiger partial charge in [-0.25, -0.2) is 13.6 Å². The van der Waals surface area contributed by atoms with Crippen molar-refractivity contribution < 1.29 is 23.4 Å². The Morgan fingerprint density at radius 1 is 1.19 bits per heavy atom. The van der Waals surface area contributed by atoms with E-state index in [0.29, 0.717) is 0 Å². The molecule has 3 nitrogen and oxygen atoms in total. The van der Waals surface area contributed by atoms with Crippen LogP contribution in [-0.2, 0) is 4.79 Å². The lowest BCUT2D eigenvalue weighted by atomic mass is 10.1. The van der Waals surface area contributed by atoms with Crippen LogP contribution in [0.25, 0.3) is 6.08 Å². The average molecular weight is 311 g/mol. The van der Waals surface area contributed by atoms with Crippen molar-refractivity contribution in [2.45, 2.75) is 0 Å². The van der Waals surface area contributed by atoms with Crippen LogP contribution in [0.15, 0.2) is 42.5 Å². The van der Waals surface area contributed by atoms with E-state index < -0.39 is 17.6 Å². The Morgan fingerprint density at radius 2 is 1.95 bits per heavy atom. The standard InChI is InChI=1S/C15H9ClF2O3/c16-11-8-9(17)4-6-14(11)21-13-3-1-2-12(18)10(13)5-7-15(19)20/h1-8H,(H,19,20)/b7-5+. The summed E-state index contributed by atoms with van der Waals surface area (Å²) >= 11 is 5.83. The summed E-state index contributed by atoms with van der Waals surface area (Å²) in [5.74, 6) is -2.19. The number of aliphatic carboxylic acids is 1. The minimum absolute atomic E-state index is 0.0208. The van der Waals surface area contributed by atoms with E-state index in [1.54, 1.807) is 0 Å². The molecule has 0 aliphatic heterocycles. The molecule has 108 valence electrons. The van der Waals surface area contributed by atoms with Crippen LogP contribution in [0.4, 0.5) is 8.78 Å². The third-order valence-electron chi connectivity index (χ3n) is 2.52. The molecule has 0 aromatic heterocycles. The van der Waals surface area contributed by atoms with Gasteiger partial charge in [0.25, 0.3) is 0 Å². The van der Waals surface area contributed by atoms with Gasteiger partial charge < -0.3 is 9.84 Å². The molecule has 0 heterocycles. The van der Waals surface area contributed by atoms with Crippen molar-refractivity contribution in [2.24, 2.45) is 0 Å². The molecule has 0 amide bonds. The molecule has 1 N–H and O–H groups in total. The van der Waals surface area contributed by atoms with Crippen LogP contribution in [-0.4, -0.2) is 11.1 Å². The van der Waals surface area contributed by atoms with Crippen molar-refractivity contribution >= 4 is 23.6 Å². The minimum Gasteiger partial charge on any atom is -0.478 e. The average Bonchev–Trinajstić information content (AvgIpc) is 2.41. The van der Waals surface area contributed by atoms with E-state index >= 15 is 0 Å². The molecule has 2 aromatic rings. The Bertz CT molecular complexity index is 714. The largest absolute Gasteiger partial charge is 0.478 e. The van der Waals surface area contributed by atoms with Gasteiger partial charge in [-0.05, 0) is 36.4 Å². The molecule has 0 bridgehead atoms. The molecule has 2 aromatic carbocycles. The van der Waals surface area contributed by atoms with Gasteiger partial charge in [-0.1, -0.05) is 17.7 Å². The molecule has 0 spiro atoms. The Hall–Kier alpha value is -2.40. The van der Waals surface area contributed by atoms with Crippen molar-refractivity contribution in [1.29, 1.82) is 0 Å². The Balaban J connectivity index is 2.40. The molecule has 6 heteroatoms. The van der Waals surface area contributed by atoms with Crippen LogP contribution >= 0.6 is 11.6 Å². The van der Waals surface area contributed by atoms with Crippen LogP contribution < -0.4 is 4.74 Å². The maximum Gasteiger partial charge on any atom is 0.328 e. The number of rotatable bonds is 4. The Kier molecular flexibility index (Phi) is 4.55. The molecular formula is C15H9ClF2O3. The number of benzene rings is 2. The fraction of sp³-hybridized carbons (Fsp3) is 0. The number of halogens is 3. The maximum absolute atomic E-state index is 13.8. The number of carboxylic acid groups (broad SMARTS) is 1. The van der Waals surface area contributed by atoms with Crippen molar-refractivity contribution in [3.63, 3.8) is 0 Å². The second-order valence-electron chi connectivity index (χ2n) is 4.00. The van der Waals surface area contributed by atoms with Gasteiger partial charge in [0.1, 0.15) is 23.1 Å². The number of hydrogen-bond donors (Lipinski definition) is 1. The zero-order valence-electron chi connectivity index (χ0n) is 10.5. The van der Waals surface area contributed by atoms with E-state index in [0.717, 1.165) is 24.3 Å². The van der Waals surface area contributed by atoms with E-state index in [1.807, 2.05) is 0 Å². The predicted octanol–water partition coefficient (Wildman–Crippen LogP) is 4.51. The summed E-state index contributed by atoms with van der Waals surface area (Å²) in [4.78, 5) is 10.5. The quantitative estimate of drug-likeness (QED) is 0.845. The highest BCUT2D eigenvalue weighted by molar-refractivity contribution is 6.32. The molecule has 0 radical (unpaired) electrons. The van der Waals surface area contributed by atoms with Gasteiger partial charge in [-0.3, -0.25) is 0 Å². The van der Waals surface area contributed by atoms with Crippen LogP contribution in [0, 0.1) is 11.6 Å². The van der Waals surface area contributed by atoms with Gasteiger partial charge in [0, 0.05) is 6.08 Å².